The Morgan fingerprint density at radius 1 is 1.44 bits per heavy atom. The number of alkyl halides is 1. The van der Waals surface area contributed by atoms with E-state index in [1.165, 1.54) is 19.3 Å². The van der Waals surface area contributed by atoms with Crippen molar-refractivity contribution in [1.29, 1.82) is 0 Å². The van der Waals surface area contributed by atoms with Crippen molar-refractivity contribution in [3.05, 3.63) is 35.4 Å². The maximum atomic E-state index is 12.1. The number of carbonyl (C=O) groups is 1. The monoisotopic (exact) mass is 265 g/mol. The quantitative estimate of drug-likeness (QED) is 0.808. The van der Waals surface area contributed by atoms with Crippen molar-refractivity contribution in [2.24, 2.45) is 5.41 Å². The molecule has 0 radical (unpaired) electrons. The molecule has 1 amide bonds. The van der Waals surface area contributed by atoms with Crippen LogP contribution in [0.2, 0.25) is 0 Å². The number of nitrogens with one attached hydrogen (secondary N) is 1. The molecule has 1 aliphatic rings. The molecular formula is C15H20ClNO. The largest absolute Gasteiger partial charge is 0.351 e. The van der Waals surface area contributed by atoms with E-state index in [1.807, 2.05) is 24.3 Å². The summed E-state index contributed by atoms with van der Waals surface area (Å²) in [4.78, 5) is 12.1. The van der Waals surface area contributed by atoms with E-state index >= 15 is 0 Å². The summed E-state index contributed by atoms with van der Waals surface area (Å²) in [7, 11) is 0. The molecule has 1 aliphatic carbocycles. The second kappa shape index (κ2) is 5.75. The number of hydrogen-bond acceptors (Lipinski definition) is 1. The zero-order chi connectivity index (χ0) is 13.0. The van der Waals surface area contributed by atoms with Gasteiger partial charge in [-0.05, 0) is 42.4 Å². The highest BCUT2D eigenvalue weighted by atomic mass is 35.5. The molecule has 0 bridgehead atoms. The minimum absolute atomic E-state index is 0.0155. The number of hydrogen-bond donors (Lipinski definition) is 1. The maximum absolute atomic E-state index is 12.1. The van der Waals surface area contributed by atoms with Crippen LogP contribution >= 0.6 is 11.6 Å². The van der Waals surface area contributed by atoms with Crippen LogP contribution in [0, 0.1) is 5.41 Å². The maximum Gasteiger partial charge on any atom is 0.251 e. The third-order valence-electron chi connectivity index (χ3n) is 4.13. The van der Waals surface area contributed by atoms with Crippen LogP contribution in [0.25, 0.3) is 0 Å². The van der Waals surface area contributed by atoms with Gasteiger partial charge in [-0.25, -0.2) is 0 Å². The lowest BCUT2D eigenvalue weighted by Gasteiger charge is -2.41. The molecule has 0 atom stereocenters. The van der Waals surface area contributed by atoms with E-state index in [0.29, 0.717) is 16.9 Å². The second-order valence-electron chi connectivity index (χ2n) is 5.22. The van der Waals surface area contributed by atoms with Gasteiger partial charge in [0.1, 0.15) is 0 Å². The van der Waals surface area contributed by atoms with Crippen LogP contribution in [-0.4, -0.2) is 12.5 Å². The van der Waals surface area contributed by atoms with Crippen molar-refractivity contribution < 1.29 is 4.79 Å². The Hall–Kier alpha value is -1.02. The first-order chi connectivity index (χ1) is 8.69. The topological polar surface area (TPSA) is 29.1 Å². The summed E-state index contributed by atoms with van der Waals surface area (Å²) in [6.07, 6.45) is 4.93. The first-order valence-electron chi connectivity index (χ1n) is 6.62. The molecule has 1 aromatic carbocycles. The fraction of sp³-hybridized carbons (Fsp3) is 0.533. The lowest BCUT2D eigenvalue weighted by Crippen LogP contribution is -2.41. The number of carbonyl (C=O) groups excluding carboxylic acids is 1. The Morgan fingerprint density at radius 3 is 2.78 bits per heavy atom. The van der Waals surface area contributed by atoms with E-state index in [-0.39, 0.29) is 5.91 Å². The zero-order valence-electron chi connectivity index (χ0n) is 10.8. The van der Waals surface area contributed by atoms with Crippen molar-refractivity contribution in [3.8, 4) is 0 Å². The Kier molecular flexibility index (Phi) is 4.28. The standard InChI is InChI=1S/C15H20ClNO/c1-2-15(7-4-8-15)11-17-14(18)13-6-3-5-12(9-13)10-16/h3,5-6,9H,2,4,7-8,10-11H2,1H3,(H,17,18). The predicted octanol–water partition coefficient (Wildman–Crippen LogP) is 3.74. The van der Waals surface area contributed by atoms with E-state index in [1.54, 1.807) is 0 Å². The zero-order valence-corrected chi connectivity index (χ0v) is 11.6. The summed E-state index contributed by atoms with van der Waals surface area (Å²) in [5, 5.41) is 3.06. The minimum atomic E-state index is 0.0155. The fourth-order valence-corrected chi connectivity index (χ4v) is 2.66. The molecule has 2 nitrogen and oxygen atoms in total. The minimum Gasteiger partial charge on any atom is -0.351 e. The molecule has 1 N–H and O–H groups in total. The molecule has 1 saturated carbocycles. The van der Waals surface area contributed by atoms with Crippen LogP contribution in [0.5, 0.6) is 0 Å². The van der Waals surface area contributed by atoms with Crippen LogP contribution in [0.1, 0.15) is 48.5 Å². The summed E-state index contributed by atoms with van der Waals surface area (Å²) >= 11 is 5.78. The van der Waals surface area contributed by atoms with E-state index in [2.05, 4.69) is 12.2 Å². The van der Waals surface area contributed by atoms with Crippen LogP contribution in [0.4, 0.5) is 0 Å². The molecule has 0 unspecified atom stereocenters. The predicted molar refractivity (Wildman–Crippen MR) is 74.9 cm³/mol. The summed E-state index contributed by atoms with van der Waals surface area (Å²) in [5.74, 6) is 0.460. The van der Waals surface area contributed by atoms with Crippen molar-refractivity contribution in [3.63, 3.8) is 0 Å². The van der Waals surface area contributed by atoms with Crippen molar-refractivity contribution in [1.82, 2.24) is 5.32 Å². The summed E-state index contributed by atoms with van der Waals surface area (Å²) < 4.78 is 0. The molecular weight excluding hydrogens is 246 g/mol. The van der Waals surface area contributed by atoms with Gasteiger partial charge in [-0.1, -0.05) is 25.5 Å². The second-order valence-corrected chi connectivity index (χ2v) is 5.49. The van der Waals surface area contributed by atoms with E-state index < -0.39 is 0 Å². The van der Waals surface area contributed by atoms with Gasteiger partial charge in [0.2, 0.25) is 0 Å². The Bertz CT molecular complexity index is 421. The van der Waals surface area contributed by atoms with Gasteiger partial charge in [0.05, 0.1) is 0 Å². The van der Waals surface area contributed by atoms with Gasteiger partial charge >= 0.3 is 0 Å². The van der Waals surface area contributed by atoms with Crippen LogP contribution < -0.4 is 5.32 Å². The van der Waals surface area contributed by atoms with Gasteiger partial charge in [0, 0.05) is 18.0 Å². The molecule has 1 aromatic rings. The van der Waals surface area contributed by atoms with Crippen LogP contribution in [0.3, 0.4) is 0 Å². The SMILES string of the molecule is CCC1(CNC(=O)c2cccc(CCl)c2)CCC1. The highest BCUT2D eigenvalue weighted by Gasteiger charge is 2.35. The average molecular weight is 266 g/mol. The van der Waals surface area contributed by atoms with Crippen LogP contribution in [-0.2, 0) is 5.88 Å². The van der Waals surface area contributed by atoms with Crippen molar-refractivity contribution in [2.75, 3.05) is 6.54 Å². The average Bonchev–Trinajstić information content (AvgIpc) is 2.38. The first-order valence-corrected chi connectivity index (χ1v) is 7.16. The van der Waals surface area contributed by atoms with E-state index in [9.17, 15) is 4.79 Å². The third-order valence-corrected chi connectivity index (χ3v) is 4.44. The highest BCUT2D eigenvalue weighted by Crippen LogP contribution is 2.43. The van der Waals surface area contributed by atoms with E-state index in [4.69, 9.17) is 11.6 Å². The number of amides is 1. The lowest BCUT2D eigenvalue weighted by molar-refractivity contribution is 0.0850. The number of halogens is 1. The summed E-state index contributed by atoms with van der Waals surface area (Å²) in [6.45, 7) is 3.01. The molecule has 0 saturated heterocycles. The van der Waals surface area contributed by atoms with Gasteiger partial charge in [-0.2, -0.15) is 0 Å². The summed E-state index contributed by atoms with van der Waals surface area (Å²) in [5.41, 5.74) is 2.05. The molecule has 98 valence electrons. The first kappa shape index (κ1) is 13.4. The number of benzene rings is 1. The molecule has 0 heterocycles. The molecule has 0 aliphatic heterocycles. The van der Waals surface area contributed by atoms with Gasteiger partial charge in [-0.3, -0.25) is 4.79 Å². The molecule has 1 fully saturated rings. The number of rotatable bonds is 5. The molecule has 0 spiro atoms. The molecule has 3 heteroatoms. The Labute approximate surface area is 114 Å². The third kappa shape index (κ3) is 2.86. The summed E-state index contributed by atoms with van der Waals surface area (Å²) in [6, 6.07) is 7.52. The highest BCUT2D eigenvalue weighted by molar-refractivity contribution is 6.17. The van der Waals surface area contributed by atoms with Crippen LogP contribution in [0.15, 0.2) is 24.3 Å². The lowest BCUT2D eigenvalue weighted by atomic mass is 9.67. The molecule has 18 heavy (non-hydrogen) atoms. The van der Waals surface area contributed by atoms with Crippen molar-refractivity contribution in [2.45, 2.75) is 38.5 Å². The van der Waals surface area contributed by atoms with Gasteiger partial charge in [0.15, 0.2) is 0 Å². The Balaban J connectivity index is 1.95. The van der Waals surface area contributed by atoms with Crippen molar-refractivity contribution >= 4 is 17.5 Å². The van der Waals surface area contributed by atoms with E-state index in [0.717, 1.165) is 18.5 Å². The van der Waals surface area contributed by atoms with Gasteiger partial charge in [0.25, 0.3) is 5.91 Å². The van der Waals surface area contributed by atoms with Gasteiger partial charge in [-0.15, -0.1) is 11.6 Å². The molecule has 2 rings (SSSR count). The Morgan fingerprint density at radius 2 is 2.22 bits per heavy atom. The fourth-order valence-electron chi connectivity index (χ4n) is 2.50. The van der Waals surface area contributed by atoms with Gasteiger partial charge < -0.3 is 5.32 Å². The molecule has 0 aromatic heterocycles. The smallest absolute Gasteiger partial charge is 0.251 e. The normalized spacial score (nSPS) is 17.0.